The van der Waals surface area contributed by atoms with E-state index in [1.165, 1.54) is 77.0 Å². The molecule has 6 atom stereocenters. The summed E-state index contributed by atoms with van der Waals surface area (Å²) in [5.74, 6) is -0.408. The molecular weight excluding hydrogens is 680 g/mol. The molecule has 0 radical (unpaired) electrons. The summed E-state index contributed by atoms with van der Waals surface area (Å²) in [5, 5.41) is 30.5. The first kappa shape index (κ1) is 47.9. The second-order valence-corrected chi connectivity index (χ2v) is 14.9. The van der Waals surface area contributed by atoms with Crippen LogP contribution in [-0.2, 0) is 38.3 Å². The smallest absolute Gasteiger partial charge is 0.397 e. The minimum atomic E-state index is -5.05. The number of aliphatic hydroxyl groups excluding tert-OH is 3. The Kier molecular flexibility index (Phi) is 29.3. The molecule has 302 valence electrons. The predicted molar refractivity (Wildman–Crippen MR) is 198 cm³/mol. The average molecular weight is 753 g/mol. The lowest BCUT2D eigenvalue weighted by Gasteiger charge is -2.41. The van der Waals surface area contributed by atoms with Crippen LogP contribution in [-0.4, -0.2) is 97.5 Å². The topological polar surface area (TPSA) is 178 Å². The van der Waals surface area contributed by atoms with Crippen LogP contribution in [0.25, 0.3) is 0 Å². The molecule has 51 heavy (non-hydrogen) atoms. The van der Waals surface area contributed by atoms with E-state index in [1.807, 2.05) is 0 Å². The molecule has 0 aromatic carbocycles. The minimum Gasteiger partial charge on any atom is -0.457 e. The maximum absolute atomic E-state index is 12.7. The zero-order valence-corrected chi connectivity index (χ0v) is 32.5. The molecule has 6 unspecified atom stereocenters. The molecule has 1 fully saturated rings. The highest BCUT2D eigenvalue weighted by atomic mass is 32.3. The van der Waals surface area contributed by atoms with Crippen molar-refractivity contribution in [1.29, 1.82) is 0 Å². The fourth-order valence-corrected chi connectivity index (χ4v) is 6.59. The highest BCUT2D eigenvalue weighted by molar-refractivity contribution is 7.80. The van der Waals surface area contributed by atoms with Crippen LogP contribution < -0.4 is 0 Å². The van der Waals surface area contributed by atoms with Gasteiger partial charge < -0.3 is 34.3 Å². The van der Waals surface area contributed by atoms with Crippen molar-refractivity contribution in [2.75, 3.05) is 26.4 Å². The van der Waals surface area contributed by atoms with Crippen LogP contribution in [0.3, 0.4) is 0 Å². The molecule has 0 aromatic heterocycles. The molecule has 0 spiro atoms. The Bertz CT molecular complexity index is 963. The SMILES string of the molecule is CCCCC/C=C\CCCCCCCC(=O)OC(COCCCCCCCCCCCCCC)COC1OC(CO)C(O)C(OS(=O)(=O)O)C1O. The molecule has 0 aromatic rings. The van der Waals surface area contributed by atoms with Crippen molar-refractivity contribution < 1.29 is 56.2 Å². The van der Waals surface area contributed by atoms with Crippen LogP contribution >= 0.6 is 0 Å². The molecule has 0 amide bonds. The van der Waals surface area contributed by atoms with Gasteiger partial charge >= 0.3 is 16.4 Å². The van der Waals surface area contributed by atoms with Crippen LogP contribution in [0.4, 0.5) is 0 Å². The minimum absolute atomic E-state index is 0.0373. The maximum atomic E-state index is 12.7. The Hall–Kier alpha value is -1.16. The summed E-state index contributed by atoms with van der Waals surface area (Å²) < 4.78 is 58.8. The van der Waals surface area contributed by atoms with Crippen molar-refractivity contribution >= 4 is 16.4 Å². The number of aliphatic hydroxyl groups is 3. The van der Waals surface area contributed by atoms with Gasteiger partial charge in [-0.05, 0) is 38.5 Å². The normalized spacial score (nSPS) is 21.7. The van der Waals surface area contributed by atoms with Gasteiger partial charge in [0.05, 0.1) is 19.8 Å². The van der Waals surface area contributed by atoms with Crippen molar-refractivity contribution in [2.24, 2.45) is 0 Å². The van der Waals surface area contributed by atoms with E-state index in [0.29, 0.717) is 13.0 Å². The van der Waals surface area contributed by atoms with Crippen LogP contribution in [0.2, 0.25) is 0 Å². The lowest BCUT2D eigenvalue weighted by molar-refractivity contribution is -0.301. The molecule has 1 aliphatic rings. The third-order valence-corrected chi connectivity index (χ3v) is 9.60. The summed E-state index contributed by atoms with van der Waals surface area (Å²) in [5.41, 5.74) is 0. The highest BCUT2D eigenvalue weighted by Gasteiger charge is 2.48. The van der Waals surface area contributed by atoms with Gasteiger partial charge in [-0.25, -0.2) is 4.18 Å². The Labute approximate surface area is 308 Å². The van der Waals surface area contributed by atoms with E-state index in [0.717, 1.165) is 57.8 Å². The quantitative estimate of drug-likeness (QED) is 0.0227. The molecule has 1 rings (SSSR count). The summed E-state index contributed by atoms with van der Waals surface area (Å²) in [4.78, 5) is 12.7. The number of carbonyl (C=O) groups is 1. The average Bonchev–Trinajstić information content (AvgIpc) is 3.09. The second-order valence-electron chi connectivity index (χ2n) is 13.9. The summed E-state index contributed by atoms with van der Waals surface area (Å²) in [7, 11) is -5.05. The van der Waals surface area contributed by atoms with E-state index in [4.69, 9.17) is 23.5 Å². The molecule has 1 heterocycles. The molecule has 13 heteroatoms. The highest BCUT2D eigenvalue weighted by Crippen LogP contribution is 2.26. The number of hydrogen-bond donors (Lipinski definition) is 4. The lowest BCUT2D eigenvalue weighted by Crippen LogP contribution is -2.60. The number of esters is 1. The first-order chi connectivity index (χ1) is 24.6. The largest absolute Gasteiger partial charge is 0.457 e. The van der Waals surface area contributed by atoms with Crippen molar-refractivity contribution in [3.05, 3.63) is 12.2 Å². The zero-order valence-electron chi connectivity index (χ0n) is 31.7. The number of unbranched alkanes of at least 4 members (excludes halogenated alkanes) is 19. The lowest BCUT2D eigenvalue weighted by atomic mass is 9.99. The predicted octanol–water partition coefficient (Wildman–Crippen LogP) is 7.13. The third kappa shape index (κ3) is 25.5. The first-order valence-electron chi connectivity index (χ1n) is 19.9. The van der Waals surface area contributed by atoms with Gasteiger partial charge in [-0.1, -0.05) is 129 Å². The van der Waals surface area contributed by atoms with E-state index in [2.05, 4.69) is 30.2 Å². The number of rotatable bonds is 34. The molecule has 1 aliphatic heterocycles. The number of allylic oxidation sites excluding steroid dienone is 2. The van der Waals surface area contributed by atoms with Crippen molar-refractivity contribution in [3.63, 3.8) is 0 Å². The van der Waals surface area contributed by atoms with Crippen LogP contribution in [0.1, 0.15) is 162 Å². The Morgan fingerprint density at radius 1 is 0.725 bits per heavy atom. The van der Waals surface area contributed by atoms with E-state index in [-0.39, 0.29) is 19.6 Å². The molecule has 0 bridgehead atoms. The Morgan fingerprint density at radius 2 is 1.24 bits per heavy atom. The standard InChI is InChI=1S/C38H72O12S/c1-3-5-7-9-11-13-15-17-19-21-23-25-27-34(40)48-32(30-46-28-26-24-22-20-18-16-14-12-10-8-6-4-2)31-47-38-36(42)37(50-51(43,44)45)35(41)33(29-39)49-38/h11,13,32-33,35-39,41-42H,3-10,12,14-31H2,1-2H3,(H,43,44,45)/b13-11-. The van der Waals surface area contributed by atoms with E-state index < -0.39 is 59.8 Å². The van der Waals surface area contributed by atoms with Gasteiger partial charge in [0.2, 0.25) is 0 Å². The van der Waals surface area contributed by atoms with Gasteiger partial charge in [-0.3, -0.25) is 9.35 Å². The number of carbonyl (C=O) groups excluding carboxylic acids is 1. The molecule has 0 aliphatic carbocycles. The fraction of sp³-hybridized carbons (Fsp3) is 0.921. The number of ether oxygens (including phenoxy) is 4. The Balaban J connectivity index is 2.50. The van der Waals surface area contributed by atoms with Gasteiger partial charge in [0.25, 0.3) is 0 Å². The van der Waals surface area contributed by atoms with Gasteiger partial charge in [0.15, 0.2) is 6.29 Å². The van der Waals surface area contributed by atoms with Crippen LogP contribution in [0, 0.1) is 0 Å². The maximum Gasteiger partial charge on any atom is 0.397 e. The van der Waals surface area contributed by atoms with E-state index in [9.17, 15) is 28.5 Å². The van der Waals surface area contributed by atoms with Crippen molar-refractivity contribution in [2.45, 2.75) is 198 Å². The van der Waals surface area contributed by atoms with Crippen molar-refractivity contribution in [3.8, 4) is 0 Å². The fourth-order valence-electron chi connectivity index (χ4n) is 6.08. The molecule has 12 nitrogen and oxygen atoms in total. The van der Waals surface area contributed by atoms with Crippen LogP contribution in [0.5, 0.6) is 0 Å². The summed E-state index contributed by atoms with van der Waals surface area (Å²) in [6, 6.07) is 0. The first-order valence-corrected chi connectivity index (χ1v) is 21.3. The van der Waals surface area contributed by atoms with Gasteiger partial charge in [0.1, 0.15) is 30.5 Å². The Morgan fingerprint density at radius 3 is 1.80 bits per heavy atom. The molecule has 0 saturated carbocycles. The zero-order chi connectivity index (χ0) is 37.6. The summed E-state index contributed by atoms with van der Waals surface area (Å²) in [6.45, 7) is 3.94. The summed E-state index contributed by atoms with van der Waals surface area (Å²) in [6.07, 6.45) is 21.1. The van der Waals surface area contributed by atoms with E-state index in [1.54, 1.807) is 0 Å². The van der Waals surface area contributed by atoms with Gasteiger partial charge in [-0.15, -0.1) is 0 Å². The van der Waals surface area contributed by atoms with Gasteiger partial charge in [0, 0.05) is 13.0 Å². The molecule has 1 saturated heterocycles. The van der Waals surface area contributed by atoms with Crippen molar-refractivity contribution in [1.82, 2.24) is 0 Å². The second kappa shape index (κ2) is 31.2. The van der Waals surface area contributed by atoms with Crippen LogP contribution in [0.15, 0.2) is 12.2 Å². The number of hydrogen-bond acceptors (Lipinski definition) is 11. The van der Waals surface area contributed by atoms with E-state index >= 15 is 0 Å². The van der Waals surface area contributed by atoms with Gasteiger partial charge in [-0.2, -0.15) is 8.42 Å². The molecule has 4 N–H and O–H groups in total. The molecular formula is C38H72O12S. The monoisotopic (exact) mass is 752 g/mol. The summed E-state index contributed by atoms with van der Waals surface area (Å²) >= 11 is 0. The third-order valence-electron chi connectivity index (χ3n) is 9.14.